The molecule has 51 heavy (non-hydrogen) atoms. The Balaban J connectivity index is 1.36. The summed E-state index contributed by atoms with van der Waals surface area (Å²) in [6.45, 7) is 0. The van der Waals surface area contributed by atoms with Gasteiger partial charge in [-0.2, -0.15) is 0 Å². The summed E-state index contributed by atoms with van der Waals surface area (Å²) in [6.07, 6.45) is 0. The summed E-state index contributed by atoms with van der Waals surface area (Å²) in [5.74, 6) is 0.709. The maximum absolute atomic E-state index is 5.38. The molecule has 0 saturated heterocycles. The first-order chi connectivity index (χ1) is 25.3. The minimum Gasteiger partial charge on any atom is -0.227 e. The van der Waals surface area contributed by atoms with Crippen LogP contribution in [0.3, 0.4) is 0 Å². The number of aromatic nitrogens is 2. The van der Waals surface area contributed by atoms with E-state index in [4.69, 9.17) is 9.97 Å². The molecule has 2 heterocycles. The molecule has 0 saturated carbocycles. The van der Waals surface area contributed by atoms with Crippen molar-refractivity contribution < 1.29 is 0 Å². The molecule has 10 aromatic rings. The molecule has 2 aromatic heterocycles. The summed E-state index contributed by atoms with van der Waals surface area (Å²) < 4.78 is 2.52. The van der Waals surface area contributed by atoms with Gasteiger partial charge in [-0.15, -0.1) is 11.3 Å². The summed E-state index contributed by atoms with van der Waals surface area (Å²) in [4.78, 5) is 10.8. The quantitative estimate of drug-likeness (QED) is 0.171. The second-order valence-corrected chi connectivity index (χ2v) is 14.0. The van der Waals surface area contributed by atoms with E-state index in [1.807, 2.05) is 29.5 Å². The fourth-order valence-corrected chi connectivity index (χ4v) is 8.72. The number of fused-ring (bicyclic) bond motifs is 6. The van der Waals surface area contributed by atoms with Crippen LogP contribution in [-0.2, 0) is 0 Å². The Morgan fingerprint density at radius 1 is 0.353 bits per heavy atom. The van der Waals surface area contributed by atoms with Crippen molar-refractivity contribution in [2.75, 3.05) is 0 Å². The van der Waals surface area contributed by atoms with E-state index in [-0.39, 0.29) is 0 Å². The highest BCUT2D eigenvalue weighted by Crippen LogP contribution is 2.48. The number of hydrogen-bond acceptors (Lipinski definition) is 3. The van der Waals surface area contributed by atoms with Crippen molar-refractivity contribution in [1.29, 1.82) is 0 Å². The predicted molar refractivity (Wildman–Crippen MR) is 217 cm³/mol. The molecule has 0 N–H and O–H groups in total. The van der Waals surface area contributed by atoms with Crippen LogP contribution in [0.15, 0.2) is 182 Å². The van der Waals surface area contributed by atoms with Crippen molar-refractivity contribution in [3.63, 3.8) is 0 Å². The Kier molecular flexibility index (Phi) is 7.04. The minimum absolute atomic E-state index is 0.709. The lowest BCUT2D eigenvalue weighted by molar-refractivity contribution is 1.18. The molecule has 3 heteroatoms. The van der Waals surface area contributed by atoms with Crippen LogP contribution in [0.25, 0.3) is 97.9 Å². The van der Waals surface area contributed by atoms with Crippen LogP contribution in [0.1, 0.15) is 0 Å². The Bertz CT molecular complexity index is 2830. The van der Waals surface area contributed by atoms with Gasteiger partial charge in [-0.3, -0.25) is 0 Å². The van der Waals surface area contributed by atoms with Gasteiger partial charge in [0.05, 0.1) is 11.4 Å². The molecular weight excluding hydrogens is 637 g/mol. The van der Waals surface area contributed by atoms with Gasteiger partial charge in [0.15, 0.2) is 5.82 Å². The minimum atomic E-state index is 0.709. The Morgan fingerprint density at radius 2 is 0.882 bits per heavy atom. The molecule has 10 rings (SSSR count). The molecule has 0 radical (unpaired) electrons. The Labute approximate surface area is 300 Å². The van der Waals surface area contributed by atoms with Gasteiger partial charge in [-0.25, -0.2) is 9.97 Å². The molecule has 238 valence electrons. The van der Waals surface area contributed by atoms with Crippen molar-refractivity contribution in [3.8, 4) is 56.2 Å². The average molecular weight is 667 g/mol. The highest BCUT2D eigenvalue weighted by Gasteiger charge is 2.23. The van der Waals surface area contributed by atoms with Gasteiger partial charge in [0, 0.05) is 42.4 Å². The van der Waals surface area contributed by atoms with Crippen LogP contribution < -0.4 is 0 Å². The summed E-state index contributed by atoms with van der Waals surface area (Å²) in [6, 6.07) is 64.9. The van der Waals surface area contributed by atoms with Crippen LogP contribution in [0.5, 0.6) is 0 Å². The van der Waals surface area contributed by atoms with Crippen LogP contribution in [-0.4, -0.2) is 9.97 Å². The topological polar surface area (TPSA) is 25.8 Å². The lowest BCUT2D eigenvalue weighted by atomic mass is 9.87. The van der Waals surface area contributed by atoms with E-state index >= 15 is 0 Å². The van der Waals surface area contributed by atoms with Gasteiger partial charge in [0.1, 0.15) is 0 Å². The number of nitrogens with zero attached hydrogens (tertiary/aromatic N) is 2. The van der Waals surface area contributed by atoms with E-state index in [0.717, 1.165) is 39.2 Å². The van der Waals surface area contributed by atoms with Crippen molar-refractivity contribution >= 4 is 53.1 Å². The first-order valence-electron chi connectivity index (χ1n) is 17.2. The third-order valence-electron chi connectivity index (χ3n) is 9.86. The summed E-state index contributed by atoms with van der Waals surface area (Å²) in [5, 5.41) is 7.56. The lowest BCUT2D eigenvalue weighted by Crippen LogP contribution is -2.01. The molecule has 8 aromatic carbocycles. The van der Waals surface area contributed by atoms with Gasteiger partial charge in [-0.05, 0) is 62.5 Å². The maximum atomic E-state index is 5.38. The molecule has 0 aliphatic carbocycles. The van der Waals surface area contributed by atoms with Crippen molar-refractivity contribution in [2.45, 2.75) is 0 Å². The second kappa shape index (κ2) is 12.2. The molecule has 0 bridgehead atoms. The van der Waals surface area contributed by atoms with Crippen LogP contribution in [0, 0.1) is 0 Å². The normalized spacial score (nSPS) is 11.5. The van der Waals surface area contributed by atoms with E-state index in [1.165, 1.54) is 52.8 Å². The zero-order valence-electron chi connectivity index (χ0n) is 27.6. The average Bonchev–Trinajstić information content (AvgIpc) is 3.59. The first kappa shape index (κ1) is 29.5. The summed E-state index contributed by atoms with van der Waals surface area (Å²) in [7, 11) is 0. The second-order valence-electron chi connectivity index (χ2n) is 12.9. The van der Waals surface area contributed by atoms with Crippen LogP contribution in [0.4, 0.5) is 0 Å². The molecule has 0 spiro atoms. The van der Waals surface area contributed by atoms with Gasteiger partial charge in [-0.1, -0.05) is 158 Å². The van der Waals surface area contributed by atoms with E-state index in [2.05, 4.69) is 164 Å². The third-order valence-corrected chi connectivity index (χ3v) is 11.0. The lowest BCUT2D eigenvalue weighted by Gasteiger charge is -2.19. The molecular formula is C48H30N2S. The number of rotatable bonds is 5. The highest BCUT2D eigenvalue weighted by atomic mass is 32.1. The van der Waals surface area contributed by atoms with Crippen molar-refractivity contribution in [3.05, 3.63) is 182 Å². The molecule has 0 aliphatic heterocycles. The highest BCUT2D eigenvalue weighted by molar-refractivity contribution is 7.26. The molecule has 0 fully saturated rings. The third kappa shape index (κ3) is 5.01. The van der Waals surface area contributed by atoms with Crippen molar-refractivity contribution in [2.24, 2.45) is 0 Å². The SMILES string of the molecule is c1ccc(-c2nc(-c3ccccc3)c(-c3cc(-c4cc5ccccc5c5ccccc45)c4c(c3)sc3ccccc34)c(-c3ccccc3)n2)cc1. The number of thiophene rings is 1. The molecule has 0 atom stereocenters. The van der Waals surface area contributed by atoms with E-state index in [0.29, 0.717) is 5.82 Å². The van der Waals surface area contributed by atoms with Gasteiger partial charge in [0.2, 0.25) is 0 Å². The predicted octanol–water partition coefficient (Wildman–Crippen LogP) is 13.5. The van der Waals surface area contributed by atoms with Gasteiger partial charge in [0.25, 0.3) is 0 Å². The largest absolute Gasteiger partial charge is 0.227 e. The summed E-state index contributed by atoms with van der Waals surface area (Å²) in [5.41, 5.74) is 9.49. The maximum Gasteiger partial charge on any atom is 0.160 e. The molecule has 0 unspecified atom stereocenters. The van der Waals surface area contributed by atoms with E-state index in [9.17, 15) is 0 Å². The zero-order chi connectivity index (χ0) is 33.7. The zero-order valence-corrected chi connectivity index (χ0v) is 28.4. The van der Waals surface area contributed by atoms with Crippen molar-refractivity contribution in [1.82, 2.24) is 9.97 Å². The standard InChI is InChI=1S/C48H30N2S/c1-4-16-31(17-5-1)46-44(47(32-18-6-2-7-19-32)50-48(49-46)33-20-8-3-9-21-33)35-29-41(45-39-26-14-15-27-42(39)51-43(45)30-35)40-28-34-22-10-11-23-36(34)37-24-12-13-25-38(37)40/h1-30H. The Hall–Kier alpha value is -6.42. The number of hydrogen-bond donors (Lipinski definition) is 0. The fourth-order valence-electron chi connectivity index (χ4n) is 7.55. The number of benzene rings is 8. The van der Waals surface area contributed by atoms with Gasteiger partial charge < -0.3 is 0 Å². The van der Waals surface area contributed by atoms with Crippen LogP contribution in [0.2, 0.25) is 0 Å². The fraction of sp³-hybridized carbons (Fsp3) is 0. The smallest absolute Gasteiger partial charge is 0.160 e. The van der Waals surface area contributed by atoms with E-state index in [1.54, 1.807) is 0 Å². The summed E-state index contributed by atoms with van der Waals surface area (Å²) >= 11 is 1.85. The Morgan fingerprint density at radius 3 is 1.55 bits per heavy atom. The van der Waals surface area contributed by atoms with E-state index < -0.39 is 0 Å². The monoisotopic (exact) mass is 666 g/mol. The molecule has 0 aliphatic rings. The molecule has 2 nitrogen and oxygen atoms in total. The molecule has 0 amide bonds. The van der Waals surface area contributed by atoms with Gasteiger partial charge >= 0.3 is 0 Å². The first-order valence-corrected chi connectivity index (χ1v) is 18.1. The van der Waals surface area contributed by atoms with Crippen LogP contribution >= 0.6 is 11.3 Å².